The van der Waals surface area contributed by atoms with Crippen LogP contribution >= 0.6 is 0 Å². The highest BCUT2D eigenvalue weighted by Crippen LogP contribution is 2.19. The number of aromatic nitrogens is 1. The van der Waals surface area contributed by atoms with Gasteiger partial charge in [0.05, 0.1) is 19.6 Å². The van der Waals surface area contributed by atoms with E-state index in [1.807, 2.05) is 6.92 Å². The Hall–Kier alpha value is -0.920. The van der Waals surface area contributed by atoms with Crippen molar-refractivity contribution >= 4 is 10.0 Å². The third-order valence-electron chi connectivity index (χ3n) is 3.76. The Bertz CT molecular complexity index is 516. The van der Waals surface area contributed by atoms with E-state index >= 15 is 0 Å². The first-order valence-electron chi connectivity index (χ1n) is 7.60. The van der Waals surface area contributed by atoms with Gasteiger partial charge in [-0.15, -0.1) is 0 Å². The first-order chi connectivity index (χ1) is 9.81. The quantitative estimate of drug-likeness (QED) is 0.701. The van der Waals surface area contributed by atoms with E-state index < -0.39 is 10.0 Å². The van der Waals surface area contributed by atoms with Crippen LogP contribution < -0.4 is 9.62 Å². The van der Waals surface area contributed by atoms with Crippen LogP contribution in [0.3, 0.4) is 0 Å². The Morgan fingerprint density at radius 3 is 2.38 bits per heavy atom. The molecule has 0 aliphatic carbocycles. The summed E-state index contributed by atoms with van der Waals surface area (Å²) >= 11 is 0. The fourth-order valence-corrected chi connectivity index (χ4v) is 4.11. The smallest absolute Gasteiger partial charge is 0.246 e. The van der Waals surface area contributed by atoms with Gasteiger partial charge in [-0.2, -0.15) is 0 Å². The van der Waals surface area contributed by atoms with E-state index in [0.717, 1.165) is 32.5 Å². The van der Waals surface area contributed by atoms with Gasteiger partial charge < -0.3 is 9.42 Å². The number of quaternary nitrogens is 1. The minimum Gasteiger partial charge on any atom is -0.360 e. The van der Waals surface area contributed by atoms with Crippen molar-refractivity contribution in [3.05, 3.63) is 11.5 Å². The standard InChI is InChI=1S/C14H27N3O3S/c1-6-17(7-2)10-8-9-11(3)16-21(18,19)14-12(4)15-20-13(14)5/h11,16H,6-10H2,1-5H3/p+1/t11-/m1/s1. The lowest BCUT2D eigenvalue weighted by atomic mass is 10.2. The average molecular weight is 318 g/mol. The number of nitrogens with zero attached hydrogens (tertiary/aromatic N) is 1. The molecule has 0 aliphatic heterocycles. The van der Waals surface area contributed by atoms with Crippen LogP contribution in [0.5, 0.6) is 0 Å². The molecule has 7 heteroatoms. The van der Waals surface area contributed by atoms with Gasteiger partial charge in [0.25, 0.3) is 0 Å². The second-order valence-electron chi connectivity index (χ2n) is 5.52. The van der Waals surface area contributed by atoms with Crippen molar-refractivity contribution in [2.45, 2.75) is 58.4 Å². The van der Waals surface area contributed by atoms with Crippen LogP contribution in [0.1, 0.15) is 45.1 Å². The molecule has 122 valence electrons. The van der Waals surface area contributed by atoms with Gasteiger partial charge in [0, 0.05) is 6.04 Å². The lowest BCUT2D eigenvalue weighted by Gasteiger charge is -2.17. The number of nitrogens with one attached hydrogen (secondary N) is 2. The minimum atomic E-state index is -3.55. The van der Waals surface area contributed by atoms with E-state index in [2.05, 4.69) is 23.7 Å². The maximum atomic E-state index is 12.3. The molecule has 21 heavy (non-hydrogen) atoms. The van der Waals surface area contributed by atoms with Crippen molar-refractivity contribution in [1.29, 1.82) is 0 Å². The summed E-state index contributed by atoms with van der Waals surface area (Å²) in [6, 6.07) is -0.0985. The minimum absolute atomic E-state index is 0.0985. The Morgan fingerprint density at radius 2 is 1.90 bits per heavy atom. The molecule has 0 amide bonds. The SMILES string of the molecule is CC[NH+](CC)CCC[C@@H](C)NS(=O)(=O)c1c(C)noc1C. The maximum absolute atomic E-state index is 12.3. The molecule has 1 aromatic heterocycles. The molecule has 0 saturated carbocycles. The predicted octanol–water partition coefficient (Wildman–Crippen LogP) is 0.663. The van der Waals surface area contributed by atoms with Gasteiger partial charge in [0.2, 0.25) is 10.0 Å². The molecule has 1 aromatic rings. The third-order valence-corrected chi connectivity index (χ3v) is 5.59. The Morgan fingerprint density at radius 1 is 1.29 bits per heavy atom. The summed E-state index contributed by atoms with van der Waals surface area (Å²) in [7, 11) is -3.55. The van der Waals surface area contributed by atoms with Crippen molar-refractivity contribution in [2.24, 2.45) is 0 Å². The van der Waals surface area contributed by atoms with Crippen LogP contribution in [0.4, 0.5) is 0 Å². The zero-order valence-corrected chi connectivity index (χ0v) is 14.5. The Kier molecular flexibility index (Phi) is 6.83. The Balaban J connectivity index is 2.56. The third kappa shape index (κ3) is 5.09. The molecule has 0 aromatic carbocycles. The fourth-order valence-electron chi connectivity index (χ4n) is 2.50. The van der Waals surface area contributed by atoms with E-state index in [4.69, 9.17) is 4.52 Å². The first-order valence-corrected chi connectivity index (χ1v) is 9.08. The van der Waals surface area contributed by atoms with Gasteiger partial charge in [-0.1, -0.05) is 5.16 Å². The van der Waals surface area contributed by atoms with E-state index in [1.165, 1.54) is 4.90 Å². The van der Waals surface area contributed by atoms with Crippen molar-refractivity contribution in [3.8, 4) is 0 Å². The Labute approximate surface area is 127 Å². The first kappa shape index (κ1) is 18.1. The molecule has 0 unspecified atom stereocenters. The van der Waals surface area contributed by atoms with Crippen molar-refractivity contribution in [3.63, 3.8) is 0 Å². The molecule has 0 saturated heterocycles. The summed E-state index contributed by atoms with van der Waals surface area (Å²) in [5.41, 5.74) is 0.403. The molecule has 0 aliphatic rings. The molecule has 0 radical (unpaired) electrons. The number of aryl methyl sites for hydroxylation is 2. The summed E-state index contributed by atoms with van der Waals surface area (Å²) in [5, 5.41) is 3.70. The topological polar surface area (TPSA) is 76.6 Å². The molecule has 0 fully saturated rings. The van der Waals surface area contributed by atoms with Crippen molar-refractivity contribution in [2.75, 3.05) is 19.6 Å². The van der Waals surface area contributed by atoms with Crippen molar-refractivity contribution in [1.82, 2.24) is 9.88 Å². The average Bonchev–Trinajstić information content (AvgIpc) is 2.74. The summed E-state index contributed by atoms with van der Waals surface area (Å²) in [6.07, 6.45) is 1.83. The van der Waals surface area contributed by atoms with Gasteiger partial charge in [-0.3, -0.25) is 0 Å². The van der Waals surface area contributed by atoms with E-state index in [9.17, 15) is 8.42 Å². The van der Waals surface area contributed by atoms with Crippen LogP contribution in [0.25, 0.3) is 0 Å². The van der Waals surface area contributed by atoms with Gasteiger partial charge >= 0.3 is 0 Å². The van der Waals surface area contributed by atoms with E-state index in [-0.39, 0.29) is 10.9 Å². The monoisotopic (exact) mass is 318 g/mol. The molecule has 0 spiro atoms. The van der Waals surface area contributed by atoms with E-state index in [0.29, 0.717) is 11.5 Å². The van der Waals surface area contributed by atoms with Crippen LogP contribution in [-0.2, 0) is 10.0 Å². The van der Waals surface area contributed by atoms with E-state index in [1.54, 1.807) is 13.8 Å². The molecule has 2 N–H and O–H groups in total. The largest absolute Gasteiger partial charge is 0.360 e. The summed E-state index contributed by atoms with van der Waals surface area (Å²) in [5.74, 6) is 0.333. The van der Waals surface area contributed by atoms with Crippen molar-refractivity contribution < 1.29 is 17.8 Å². The molecule has 1 atom stereocenters. The van der Waals surface area contributed by atoms with Gasteiger partial charge in [0.1, 0.15) is 10.6 Å². The highest BCUT2D eigenvalue weighted by atomic mass is 32.2. The highest BCUT2D eigenvalue weighted by Gasteiger charge is 2.25. The molecule has 1 heterocycles. The fraction of sp³-hybridized carbons (Fsp3) is 0.786. The normalized spacial score (nSPS) is 13.8. The lowest BCUT2D eigenvalue weighted by Crippen LogP contribution is -3.11. The molecule has 0 bridgehead atoms. The van der Waals surface area contributed by atoms with Gasteiger partial charge in [0.15, 0.2) is 5.76 Å². The number of hydrogen-bond donors (Lipinski definition) is 2. The van der Waals surface area contributed by atoms with Crippen LogP contribution in [-0.4, -0.2) is 39.3 Å². The molecular weight excluding hydrogens is 290 g/mol. The van der Waals surface area contributed by atoms with Gasteiger partial charge in [-0.25, -0.2) is 13.1 Å². The summed E-state index contributed by atoms with van der Waals surface area (Å²) in [6.45, 7) is 12.8. The summed E-state index contributed by atoms with van der Waals surface area (Å²) in [4.78, 5) is 1.71. The highest BCUT2D eigenvalue weighted by molar-refractivity contribution is 7.89. The summed E-state index contributed by atoms with van der Waals surface area (Å²) < 4.78 is 32.3. The van der Waals surface area contributed by atoms with Crippen LogP contribution in [0.2, 0.25) is 0 Å². The molecule has 1 rings (SSSR count). The zero-order chi connectivity index (χ0) is 16.0. The maximum Gasteiger partial charge on any atom is 0.246 e. The zero-order valence-electron chi connectivity index (χ0n) is 13.7. The second-order valence-corrected chi connectivity index (χ2v) is 7.18. The number of rotatable bonds is 9. The van der Waals surface area contributed by atoms with Crippen LogP contribution in [0, 0.1) is 13.8 Å². The molecular formula is C14H28N3O3S+. The van der Waals surface area contributed by atoms with Crippen LogP contribution in [0.15, 0.2) is 9.42 Å². The van der Waals surface area contributed by atoms with Gasteiger partial charge in [-0.05, 0) is 47.5 Å². The number of hydrogen-bond acceptors (Lipinski definition) is 4. The number of sulfonamides is 1. The second kappa shape index (κ2) is 7.91. The lowest BCUT2D eigenvalue weighted by molar-refractivity contribution is -0.896. The molecule has 6 nitrogen and oxygen atoms in total. The predicted molar refractivity (Wildman–Crippen MR) is 81.9 cm³/mol.